The number of rotatable bonds is 4. The quantitative estimate of drug-likeness (QED) is 0.825. The zero-order valence-electron chi connectivity index (χ0n) is 12.3. The van der Waals surface area contributed by atoms with Crippen LogP contribution >= 0.6 is 15.9 Å². The maximum atomic E-state index is 5.48. The van der Waals surface area contributed by atoms with E-state index in [2.05, 4.69) is 72.3 Å². The summed E-state index contributed by atoms with van der Waals surface area (Å²) >= 11 is 3.50. The molecule has 2 rings (SSSR count). The number of nitrogens with one attached hydrogen (secondary N) is 1. The Bertz CT molecular complexity index is 610. The highest BCUT2D eigenvalue weighted by molar-refractivity contribution is 9.10. The van der Waals surface area contributed by atoms with Crippen LogP contribution in [0.4, 0.5) is 5.69 Å². The molecule has 0 bridgehead atoms. The molecule has 0 saturated heterocycles. The normalized spacial score (nSPS) is 12.1. The minimum atomic E-state index is 0.227. The minimum Gasteiger partial charge on any atom is -0.495 e. The Morgan fingerprint density at radius 1 is 1.10 bits per heavy atom. The van der Waals surface area contributed by atoms with Crippen molar-refractivity contribution in [3.05, 3.63) is 57.6 Å². The lowest BCUT2D eigenvalue weighted by molar-refractivity contribution is 0.415. The van der Waals surface area contributed by atoms with Crippen LogP contribution in [0.5, 0.6) is 5.75 Å². The first kappa shape index (κ1) is 14.9. The van der Waals surface area contributed by atoms with Crippen molar-refractivity contribution in [3.63, 3.8) is 0 Å². The highest BCUT2D eigenvalue weighted by atomic mass is 79.9. The van der Waals surface area contributed by atoms with Gasteiger partial charge in [0, 0.05) is 10.5 Å². The lowest BCUT2D eigenvalue weighted by Gasteiger charge is -2.21. The van der Waals surface area contributed by atoms with Crippen LogP contribution in [0.1, 0.15) is 29.7 Å². The number of halogens is 1. The smallest absolute Gasteiger partial charge is 0.143 e. The van der Waals surface area contributed by atoms with Crippen molar-refractivity contribution in [2.75, 3.05) is 12.4 Å². The number of methoxy groups -OCH3 is 1. The Hall–Kier alpha value is -1.48. The first-order valence-corrected chi connectivity index (χ1v) is 7.48. The van der Waals surface area contributed by atoms with E-state index < -0.39 is 0 Å². The van der Waals surface area contributed by atoms with Crippen LogP contribution in [-0.2, 0) is 0 Å². The maximum Gasteiger partial charge on any atom is 0.143 e. The molecule has 20 heavy (non-hydrogen) atoms. The van der Waals surface area contributed by atoms with E-state index in [9.17, 15) is 0 Å². The van der Waals surface area contributed by atoms with E-state index in [1.807, 2.05) is 6.07 Å². The Balaban J connectivity index is 2.33. The summed E-state index contributed by atoms with van der Waals surface area (Å²) in [6.07, 6.45) is 0. The van der Waals surface area contributed by atoms with Crippen molar-refractivity contribution in [2.24, 2.45) is 0 Å². The number of benzene rings is 2. The summed E-state index contributed by atoms with van der Waals surface area (Å²) < 4.78 is 6.51. The molecule has 0 aliphatic rings. The summed E-state index contributed by atoms with van der Waals surface area (Å²) in [4.78, 5) is 0. The molecule has 0 aromatic heterocycles. The first-order valence-electron chi connectivity index (χ1n) is 6.69. The van der Waals surface area contributed by atoms with Gasteiger partial charge < -0.3 is 10.1 Å². The maximum absolute atomic E-state index is 5.48. The summed E-state index contributed by atoms with van der Waals surface area (Å²) in [5, 5.41) is 3.57. The minimum absolute atomic E-state index is 0.227. The van der Waals surface area contributed by atoms with Crippen LogP contribution in [0.2, 0.25) is 0 Å². The Morgan fingerprint density at radius 2 is 1.80 bits per heavy atom. The van der Waals surface area contributed by atoms with E-state index in [0.717, 1.165) is 21.5 Å². The standard InChI is InChI=1S/C17H20BrNO/c1-11-7-5-6-8-15(11)13(3)19-17-12(2)9-14(18)10-16(17)20-4/h5-10,13,19H,1-4H3. The SMILES string of the molecule is COc1cc(Br)cc(C)c1NC(C)c1ccccc1C. The van der Waals surface area contributed by atoms with Crippen LogP contribution in [0.25, 0.3) is 0 Å². The molecule has 0 fully saturated rings. The summed E-state index contributed by atoms with van der Waals surface area (Å²) in [6, 6.07) is 12.7. The Kier molecular flexibility index (Phi) is 4.71. The van der Waals surface area contributed by atoms with Gasteiger partial charge in [0.05, 0.1) is 12.8 Å². The molecule has 0 spiro atoms. The second-order valence-corrected chi connectivity index (χ2v) is 5.94. The summed E-state index contributed by atoms with van der Waals surface area (Å²) in [5.74, 6) is 0.859. The van der Waals surface area contributed by atoms with Gasteiger partial charge in [-0.1, -0.05) is 40.2 Å². The average molecular weight is 334 g/mol. The van der Waals surface area contributed by atoms with Gasteiger partial charge in [-0.3, -0.25) is 0 Å². The van der Waals surface area contributed by atoms with Gasteiger partial charge in [-0.05, 0) is 49.6 Å². The van der Waals surface area contributed by atoms with E-state index in [1.54, 1.807) is 7.11 Å². The zero-order chi connectivity index (χ0) is 14.7. The summed E-state index contributed by atoms with van der Waals surface area (Å²) in [6.45, 7) is 6.39. The highest BCUT2D eigenvalue weighted by Gasteiger charge is 2.13. The average Bonchev–Trinajstić information content (AvgIpc) is 2.41. The molecule has 1 N–H and O–H groups in total. The van der Waals surface area contributed by atoms with Crippen molar-refractivity contribution in [3.8, 4) is 5.75 Å². The molecule has 0 aliphatic heterocycles. The van der Waals surface area contributed by atoms with E-state index in [0.29, 0.717) is 0 Å². The van der Waals surface area contributed by atoms with E-state index in [4.69, 9.17) is 4.74 Å². The Labute approximate surface area is 129 Å². The molecular weight excluding hydrogens is 314 g/mol. The molecule has 0 heterocycles. The molecule has 1 atom stereocenters. The van der Waals surface area contributed by atoms with Crippen LogP contribution in [-0.4, -0.2) is 7.11 Å². The van der Waals surface area contributed by atoms with Gasteiger partial charge in [-0.25, -0.2) is 0 Å². The van der Waals surface area contributed by atoms with Gasteiger partial charge in [0.15, 0.2) is 0 Å². The fourth-order valence-corrected chi connectivity index (χ4v) is 2.98. The third kappa shape index (κ3) is 3.15. The van der Waals surface area contributed by atoms with E-state index in [-0.39, 0.29) is 6.04 Å². The topological polar surface area (TPSA) is 21.3 Å². The first-order chi connectivity index (χ1) is 9.52. The van der Waals surface area contributed by atoms with Crippen molar-refractivity contribution >= 4 is 21.6 Å². The van der Waals surface area contributed by atoms with Crippen molar-refractivity contribution in [1.29, 1.82) is 0 Å². The molecular formula is C17H20BrNO. The van der Waals surface area contributed by atoms with E-state index in [1.165, 1.54) is 11.1 Å². The largest absolute Gasteiger partial charge is 0.495 e. The van der Waals surface area contributed by atoms with Crippen molar-refractivity contribution < 1.29 is 4.74 Å². The van der Waals surface area contributed by atoms with Crippen molar-refractivity contribution in [1.82, 2.24) is 0 Å². The molecule has 2 aromatic carbocycles. The van der Waals surface area contributed by atoms with Crippen LogP contribution in [0.15, 0.2) is 40.9 Å². The zero-order valence-corrected chi connectivity index (χ0v) is 13.9. The lowest BCUT2D eigenvalue weighted by atomic mass is 10.0. The fraction of sp³-hybridized carbons (Fsp3) is 0.294. The third-order valence-corrected chi connectivity index (χ3v) is 3.96. The lowest BCUT2D eigenvalue weighted by Crippen LogP contribution is -2.10. The molecule has 0 radical (unpaired) electrons. The van der Waals surface area contributed by atoms with Crippen LogP contribution in [0.3, 0.4) is 0 Å². The highest BCUT2D eigenvalue weighted by Crippen LogP contribution is 2.34. The molecule has 0 saturated carbocycles. The second kappa shape index (κ2) is 6.31. The summed E-state index contributed by atoms with van der Waals surface area (Å²) in [5.41, 5.74) is 4.81. The monoisotopic (exact) mass is 333 g/mol. The molecule has 0 aliphatic carbocycles. The number of ether oxygens (including phenoxy) is 1. The van der Waals surface area contributed by atoms with Gasteiger partial charge in [0.1, 0.15) is 5.75 Å². The van der Waals surface area contributed by atoms with Gasteiger partial charge in [-0.2, -0.15) is 0 Å². The second-order valence-electron chi connectivity index (χ2n) is 5.02. The van der Waals surface area contributed by atoms with Gasteiger partial charge >= 0.3 is 0 Å². The van der Waals surface area contributed by atoms with Gasteiger partial charge in [0.25, 0.3) is 0 Å². The number of hydrogen-bond donors (Lipinski definition) is 1. The molecule has 0 amide bonds. The predicted octanol–water partition coefficient (Wildman–Crippen LogP) is 5.25. The van der Waals surface area contributed by atoms with Gasteiger partial charge in [-0.15, -0.1) is 0 Å². The van der Waals surface area contributed by atoms with Crippen LogP contribution in [0, 0.1) is 13.8 Å². The van der Waals surface area contributed by atoms with Crippen molar-refractivity contribution in [2.45, 2.75) is 26.8 Å². The number of hydrogen-bond acceptors (Lipinski definition) is 2. The molecule has 2 nitrogen and oxygen atoms in total. The number of aryl methyl sites for hydroxylation is 2. The van der Waals surface area contributed by atoms with E-state index >= 15 is 0 Å². The molecule has 3 heteroatoms. The molecule has 106 valence electrons. The molecule has 1 unspecified atom stereocenters. The summed E-state index contributed by atoms with van der Waals surface area (Å²) in [7, 11) is 1.70. The fourth-order valence-electron chi connectivity index (χ4n) is 2.43. The molecule has 2 aromatic rings. The number of anilines is 1. The Morgan fingerprint density at radius 3 is 2.45 bits per heavy atom. The van der Waals surface area contributed by atoms with Gasteiger partial charge in [0.2, 0.25) is 0 Å². The van der Waals surface area contributed by atoms with Crippen LogP contribution < -0.4 is 10.1 Å². The third-order valence-electron chi connectivity index (χ3n) is 3.50. The predicted molar refractivity (Wildman–Crippen MR) is 88.6 cm³/mol.